The third kappa shape index (κ3) is 6.11. The largest absolute Gasteiger partial charge is 0.379 e. The van der Waals surface area contributed by atoms with Crippen molar-refractivity contribution in [3.63, 3.8) is 0 Å². The maximum atomic E-state index is 5.43. The highest BCUT2D eigenvalue weighted by molar-refractivity contribution is 5.80. The van der Waals surface area contributed by atoms with Crippen LogP contribution in [0.5, 0.6) is 0 Å². The lowest BCUT2D eigenvalue weighted by molar-refractivity contribution is 0.0320. The number of rotatable bonds is 6. The number of nitrogens with one attached hydrogen (secondary N) is 2. The SMILES string of the molecule is CN=C(NCC(C)CN1CCOCC1)NC1CCN(c2ccc(C)cc2)C1. The van der Waals surface area contributed by atoms with E-state index in [2.05, 4.69) is 63.5 Å². The van der Waals surface area contributed by atoms with Crippen molar-refractivity contribution in [2.45, 2.75) is 26.3 Å². The second-order valence-corrected chi connectivity index (χ2v) is 7.88. The lowest BCUT2D eigenvalue weighted by Gasteiger charge is -2.29. The first-order valence-electron chi connectivity index (χ1n) is 10.2. The van der Waals surface area contributed by atoms with Crippen LogP contribution in [0, 0.1) is 12.8 Å². The molecule has 2 unspecified atom stereocenters. The predicted molar refractivity (Wildman–Crippen MR) is 113 cm³/mol. The van der Waals surface area contributed by atoms with Crippen LogP contribution in [0.1, 0.15) is 18.9 Å². The molecular formula is C21H35N5O. The van der Waals surface area contributed by atoms with Gasteiger partial charge in [-0.3, -0.25) is 9.89 Å². The standard InChI is InChI=1S/C21H35N5O/c1-17-4-6-20(7-5-17)26-9-8-19(16-26)24-21(22-3)23-14-18(2)15-25-10-12-27-13-11-25/h4-7,18-19H,8-16H2,1-3H3,(H2,22,23,24). The molecule has 0 radical (unpaired) electrons. The van der Waals surface area contributed by atoms with E-state index in [1.165, 1.54) is 11.3 Å². The van der Waals surface area contributed by atoms with Crippen LogP contribution in [0.2, 0.25) is 0 Å². The summed E-state index contributed by atoms with van der Waals surface area (Å²) in [4.78, 5) is 9.36. The van der Waals surface area contributed by atoms with Gasteiger partial charge in [-0.25, -0.2) is 0 Å². The molecule has 0 bridgehead atoms. The molecule has 2 aliphatic heterocycles. The van der Waals surface area contributed by atoms with Gasteiger partial charge in [0.1, 0.15) is 0 Å². The van der Waals surface area contributed by atoms with Crippen LogP contribution < -0.4 is 15.5 Å². The predicted octanol–water partition coefficient (Wildman–Crippen LogP) is 1.71. The molecule has 0 spiro atoms. The van der Waals surface area contributed by atoms with E-state index in [0.29, 0.717) is 12.0 Å². The zero-order valence-electron chi connectivity index (χ0n) is 17.1. The fourth-order valence-electron chi connectivity index (χ4n) is 3.82. The smallest absolute Gasteiger partial charge is 0.191 e. The van der Waals surface area contributed by atoms with Gasteiger partial charge in [0.25, 0.3) is 0 Å². The molecule has 150 valence electrons. The molecule has 27 heavy (non-hydrogen) atoms. The molecule has 0 saturated carbocycles. The van der Waals surface area contributed by atoms with Crippen molar-refractivity contribution in [3.05, 3.63) is 29.8 Å². The molecule has 0 aliphatic carbocycles. The van der Waals surface area contributed by atoms with Crippen molar-refractivity contribution in [2.75, 3.05) is 64.4 Å². The zero-order valence-corrected chi connectivity index (χ0v) is 17.1. The number of ether oxygens (including phenoxy) is 1. The van der Waals surface area contributed by atoms with Gasteiger partial charge in [-0.1, -0.05) is 24.6 Å². The summed E-state index contributed by atoms with van der Waals surface area (Å²) in [5, 5.41) is 7.11. The Kier molecular flexibility index (Phi) is 7.35. The molecule has 2 N–H and O–H groups in total. The molecule has 2 atom stereocenters. The molecule has 0 amide bonds. The monoisotopic (exact) mass is 373 g/mol. The fraction of sp³-hybridized carbons (Fsp3) is 0.667. The van der Waals surface area contributed by atoms with E-state index in [0.717, 1.165) is 64.9 Å². The highest BCUT2D eigenvalue weighted by Gasteiger charge is 2.23. The Bertz CT molecular complexity index is 597. The number of aliphatic imine (C=N–C) groups is 1. The molecule has 6 nitrogen and oxygen atoms in total. The van der Waals surface area contributed by atoms with Crippen LogP contribution in [-0.4, -0.2) is 76.4 Å². The Hall–Kier alpha value is -1.79. The number of nitrogens with zero attached hydrogens (tertiary/aromatic N) is 3. The van der Waals surface area contributed by atoms with E-state index >= 15 is 0 Å². The van der Waals surface area contributed by atoms with Crippen molar-refractivity contribution in [1.82, 2.24) is 15.5 Å². The van der Waals surface area contributed by atoms with E-state index in [9.17, 15) is 0 Å². The summed E-state index contributed by atoms with van der Waals surface area (Å²) >= 11 is 0. The van der Waals surface area contributed by atoms with Crippen LogP contribution in [0.15, 0.2) is 29.3 Å². The molecule has 1 aromatic carbocycles. The number of morpholine rings is 1. The average Bonchev–Trinajstić information content (AvgIpc) is 3.15. The molecule has 2 fully saturated rings. The Labute approximate surface area is 164 Å². The minimum atomic E-state index is 0.437. The summed E-state index contributed by atoms with van der Waals surface area (Å²) < 4.78 is 5.43. The molecule has 0 aromatic heterocycles. The Morgan fingerprint density at radius 1 is 1.22 bits per heavy atom. The highest BCUT2D eigenvalue weighted by atomic mass is 16.5. The number of hydrogen-bond donors (Lipinski definition) is 2. The summed E-state index contributed by atoms with van der Waals surface area (Å²) in [5.74, 6) is 1.49. The fourth-order valence-corrected chi connectivity index (χ4v) is 3.82. The van der Waals surface area contributed by atoms with E-state index in [1.807, 2.05) is 7.05 Å². The van der Waals surface area contributed by atoms with Gasteiger partial charge in [0.15, 0.2) is 5.96 Å². The maximum absolute atomic E-state index is 5.43. The Morgan fingerprint density at radius 2 is 1.96 bits per heavy atom. The molecule has 1 aromatic rings. The number of hydrogen-bond acceptors (Lipinski definition) is 4. The van der Waals surface area contributed by atoms with E-state index in [1.54, 1.807) is 0 Å². The minimum Gasteiger partial charge on any atom is -0.379 e. The normalized spacial score (nSPS) is 22.7. The molecular weight excluding hydrogens is 338 g/mol. The molecule has 2 saturated heterocycles. The molecule has 2 heterocycles. The van der Waals surface area contributed by atoms with Crippen LogP contribution in [0.4, 0.5) is 5.69 Å². The zero-order chi connectivity index (χ0) is 19.1. The van der Waals surface area contributed by atoms with Crippen molar-refractivity contribution < 1.29 is 4.74 Å². The van der Waals surface area contributed by atoms with Crippen LogP contribution in [0.3, 0.4) is 0 Å². The number of benzene rings is 1. The van der Waals surface area contributed by atoms with E-state index in [4.69, 9.17) is 4.74 Å². The van der Waals surface area contributed by atoms with Crippen LogP contribution in [-0.2, 0) is 4.74 Å². The van der Waals surface area contributed by atoms with E-state index < -0.39 is 0 Å². The molecule has 3 rings (SSSR count). The Balaban J connectivity index is 1.40. The van der Waals surface area contributed by atoms with Gasteiger partial charge in [0, 0.05) is 58.0 Å². The number of anilines is 1. The highest BCUT2D eigenvalue weighted by Crippen LogP contribution is 2.20. The first kappa shape index (κ1) is 20.0. The summed E-state index contributed by atoms with van der Waals surface area (Å²) in [6.07, 6.45) is 1.14. The summed E-state index contributed by atoms with van der Waals surface area (Å²) in [5.41, 5.74) is 2.62. The van der Waals surface area contributed by atoms with Gasteiger partial charge in [-0.15, -0.1) is 0 Å². The second-order valence-electron chi connectivity index (χ2n) is 7.88. The average molecular weight is 374 g/mol. The topological polar surface area (TPSA) is 52.1 Å². The third-order valence-electron chi connectivity index (χ3n) is 5.44. The number of guanidine groups is 1. The summed E-state index contributed by atoms with van der Waals surface area (Å²) in [6.45, 7) is 12.4. The van der Waals surface area contributed by atoms with Crippen LogP contribution in [0.25, 0.3) is 0 Å². The maximum Gasteiger partial charge on any atom is 0.191 e. The second kappa shape index (κ2) is 9.95. The van der Waals surface area contributed by atoms with Crippen molar-refractivity contribution in [2.24, 2.45) is 10.9 Å². The Morgan fingerprint density at radius 3 is 2.67 bits per heavy atom. The summed E-state index contributed by atoms with van der Waals surface area (Å²) in [6, 6.07) is 9.25. The van der Waals surface area contributed by atoms with Gasteiger partial charge in [-0.05, 0) is 31.4 Å². The van der Waals surface area contributed by atoms with Gasteiger partial charge in [0.2, 0.25) is 0 Å². The first-order valence-corrected chi connectivity index (χ1v) is 10.2. The lowest BCUT2D eigenvalue weighted by Crippen LogP contribution is -2.47. The quantitative estimate of drug-likeness (QED) is 0.587. The molecule has 6 heteroatoms. The van der Waals surface area contributed by atoms with Crippen molar-refractivity contribution >= 4 is 11.6 Å². The van der Waals surface area contributed by atoms with Gasteiger partial charge in [-0.2, -0.15) is 0 Å². The molecule has 2 aliphatic rings. The minimum absolute atomic E-state index is 0.437. The van der Waals surface area contributed by atoms with Crippen molar-refractivity contribution in [1.29, 1.82) is 0 Å². The van der Waals surface area contributed by atoms with Crippen molar-refractivity contribution in [3.8, 4) is 0 Å². The van der Waals surface area contributed by atoms with E-state index in [-0.39, 0.29) is 0 Å². The third-order valence-corrected chi connectivity index (χ3v) is 5.44. The van der Waals surface area contributed by atoms with Crippen LogP contribution >= 0.6 is 0 Å². The van der Waals surface area contributed by atoms with Gasteiger partial charge >= 0.3 is 0 Å². The number of aryl methyl sites for hydroxylation is 1. The van der Waals surface area contributed by atoms with Gasteiger partial charge < -0.3 is 20.3 Å². The summed E-state index contributed by atoms with van der Waals surface area (Å²) in [7, 11) is 1.86. The van der Waals surface area contributed by atoms with Gasteiger partial charge in [0.05, 0.1) is 13.2 Å². The first-order chi connectivity index (χ1) is 13.1. The lowest BCUT2D eigenvalue weighted by atomic mass is 10.1.